The van der Waals surface area contributed by atoms with E-state index in [2.05, 4.69) is 11.4 Å². The second kappa shape index (κ2) is 3.06. The molecule has 1 N–H and O–H groups in total. The summed E-state index contributed by atoms with van der Waals surface area (Å²) in [6.45, 7) is 2.05. The van der Waals surface area contributed by atoms with Crippen molar-refractivity contribution in [2.45, 2.75) is 32.1 Å². The van der Waals surface area contributed by atoms with Gasteiger partial charge in [0.2, 0.25) is 0 Å². The third-order valence-corrected chi connectivity index (χ3v) is 3.23. The highest BCUT2D eigenvalue weighted by Gasteiger charge is 2.52. The monoisotopic (exact) mass is 164 g/mol. The van der Waals surface area contributed by atoms with Gasteiger partial charge in [0.15, 0.2) is 0 Å². The standard InChI is InChI=1S/C10H16N2/c11-6-1-7-12-8-10(4-5-10)9-2-3-9/h9,12H,1-5,7-8H2. The van der Waals surface area contributed by atoms with Gasteiger partial charge in [0.05, 0.1) is 6.07 Å². The molecule has 12 heavy (non-hydrogen) atoms. The number of hydrogen-bond acceptors (Lipinski definition) is 2. The van der Waals surface area contributed by atoms with Crippen LogP contribution in [0.15, 0.2) is 0 Å². The van der Waals surface area contributed by atoms with Crippen molar-refractivity contribution in [3.8, 4) is 6.07 Å². The predicted octanol–water partition coefficient (Wildman–Crippen LogP) is 1.68. The van der Waals surface area contributed by atoms with Crippen LogP contribution in [0, 0.1) is 22.7 Å². The van der Waals surface area contributed by atoms with Crippen molar-refractivity contribution in [2.75, 3.05) is 13.1 Å². The number of nitriles is 1. The van der Waals surface area contributed by atoms with Crippen LogP contribution in [0.3, 0.4) is 0 Å². The van der Waals surface area contributed by atoms with Gasteiger partial charge < -0.3 is 5.32 Å². The van der Waals surface area contributed by atoms with Crippen LogP contribution in [0.5, 0.6) is 0 Å². The molecule has 0 bridgehead atoms. The van der Waals surface area contributed by atoms with Gasteiger partial charge in [-0.3, -0.25) is 0 Å². The third kappa shape index (κ3) is 1.61. The van der Waals surface area contributed by atoms with Crippen molar-refractivity contribution < 1.29 is 0 Å². The van der Waals surface area contributed by atoms with E-state index in [0.717, 1.165) is 12.5 Å². The van der Waals surface area contributed by atoms with Gasteiger partial charge in [0.25, 0.3) is 0 Å². The maximum atomic E-state index is 8.34. The van der Waals surface area contributed by atoms with E-state index >= 15 is 0 Å². The van der Waals surface area contributed by atoms with Crippen molar-refractivity contribution in [1.29, 1.82) is 5.26 Å². The molecule has 2 aliphatic rings. The molecule has 0 heterocycles. The van der Waals surface area contributed by atoms with Crippen LogP contribution in [0.4, 0.5) is 0 Å². The van der Waals surface area contributed by atoms with Gasteiger partial charge >= 0.3 is 0 Å². The molecule has 0 radical (unpaired) electrons. The molecule has 0 atom stereocenters. The van der Waals surface area contributed by atoms with Gasteiger partial charge in [0.1, 0.15) is 0 Å². The highest BCUT2D eigenvalue weighted by Crippen LogP contribution is 2.60. The van der Waals surface area contributed by atoms with Crippen LogP contribution < -0.4 is 5.32 Å². The molecule has 2 heteroatoms. The fraction of sp³-hybridized carbons (Fsp3) is 0.900. The van der Waals surface area contributed by atoms with Crippen LogP contribution in [0.25, 0.3) is 0 Å². The van der Waals surface area contributed by atoms with Gasteiger partial charge in [0, 0.05) is 19.5 Å². The molecule has 0 spiro atoms. The zero-order valence-corrected chi connectivity index (χ0v) is 7.47. The topological polar surface area (TPSA) is 35.8 Å². The SMILES string of the molecule is N#CCCNCC1(C2CC2)CC1. The van der Waals surface area contributed by atoms with Crippen LogP contribution >= 0.6 is 0 Å². The molecule has 66 valence electrons. The molecule has 2 saturated carbocycles. The van der Waals surface area contributed by atoms with E-state index in [1.807, 2.05) is 0 Å². The lowest BCUT2D eigenvalue weighted by atomic mass is 10.0. The molecule has 0 aromatic carbocycles. The van der Waals surface area contributed by atoms with Crippen molar-refractivity contribution in [3.05, 3.63) is 0 Å². The van der Waals surface area contributed by atoms with Crippen LogP contribution in [0.1, 0.15) is 32.1 Å². The molecule has 0 amide bonds. The van der Waals surface area contributed by atoms with Gasteiger partial charge in [-0.05, 0) is 37.0 Å². The average molecular weight is 164 g/mol. The Morgan fingerprint density at radius 3 is 2.67 bits per heavy atom. The fourth-order valence-corrected chi connectivity index (χ4v) is 2.07. The average Bonchev–Trinajstić information content (AvgIpc) is 2.86. The maximum Gasteiger partial charge on any atom is 0.0635 e. The Kier molecular flexibility index (Phi) is 2.06. The summed E-state index contributed by atoms with van der Waals surface area (Å²) in [5.74, 6) is 1.03. The first kappa shape index (κ1) is 8.07. The van der Waals surface area contributed by atoms with E-state index in [4.69, 9.17) is 5.26 Å². The molecule has 2 rings (SSSR count). The third-order valence-electron chi connectivity index (χ3n) is 3.23. The molecule has 0 aromatic heterocycles. The van der Waals surface area contributed by atoms with E-state index in [-0.39, 0.29) is 0 Å². The minimum Gasteiger partial charge on any atom is -0.315 e. The van der Waals surface area contributed by atoms with E-state index in [9.17, 15) is 0 Å². The van der Waals surface area contributed by atoms with Gasteiger partial charge in [-0.15, -0.1) is 0 Å². The quantitative estimate of drug-likeness (QED) is 0.627. The summed E-state index contributed by atoms with van der Waals surface area (Å²) in [5, 5.41) is 11.7. The van der Waals surface area contributed by atoms with Gasteiger partial charge in [-0.1, -0.05) is 0 Å². The summed E-state index contributed by atoms with van der Waals surface area (Å²) in [6, 6.07) is 2.16. The molecule has 0 aliphatic heterocycles. The number of hydrogen-bond donors (Lipinski definition) is 1. The lowest BCUT2D eigenvalue weighted by Gasteiger charge is -2.13. The summed E-state index contributed by atoms with van der Waals surface area (Å²) in [7, 11) is 0. The van der Waals surface area contributed by atoms with E-state index < -0.39 is 0 Å². The van der Waals surface area contributed by atoms with Crippen molar-refractivity contribution in [3.63, 3.8) is 0 Å². The number of nitrogens with zero attached hydrogens (tertiary/aromatic N) is 1. The normalized spacial score (nSPS) is 24.9. The first-order valence-electron chi connectivity index (χ1n) is 4.95. The Bertz CT molecular complexity index is 196. The Morgan fingerprint density at radius 2 is 2.17 bits per heavy atom. The first-order chi connectivity index (χ1) is 5.87. The van der Waals surface area contributed by atoms with Crippen molar-refractivity contribution in [1.82, 2.24) is 5.32 Å². The lowest BCUT2D eigenvalue weighted by Crippen LogP contribution is -2.26. The Balaban J connectivity index is 1.63. The second-order valence-corrected chi connectivity index (χ2v) is 4.22. The van der Waals surface area contributed by atoms with Crippen molar-refractivity contribution >= 4 is 0 Å². The van der Waals surface area contributed by atoms with Crippen LogP contribution in [-0.2, 0) is 0 Å². The summed E-state index contributed by atoms with van der Waals surface area (Å²) in [4.78, 5) is 0. The summed E-state index contributed by atoms with van der Waals surface area (Å²) >= 11 is 0. The van der Waals surface area contributed by atoms with E-state index in [0.29, 0.717) is 11.8 Å². The molecule has 2 fully saturated rings. The fourth-order valence-electron chi connectivity index (χ4n) is 2.07. The van der Waals surface area contributed by atoms with Crippen molar-refractivity contribution in [2.24, 2.45) is 11.3 Å². The van der Waals surface area contributed by atoms with Crippen LogP contribution in [0.2, 0.25) is 0 Å². The molecule has 2 nitrogen and oxygen atoms in total. The Labute approximate surface area is 74.0 Å². The molecule has 2 aliphatic carbocycles. The van der Waals surface area contributed by atoms with Crippen LogP contribution in [-0.4, -0.2) is 13.1 Å². The highest BCUT2D eigenvalue weighted by molar-refractivity contribution is 5.05. The minimum atomic E-state index is 0.654. The van der Waals surface area contributed by atoms with E-state index in [1.165, 1.54) is 32.2 Å². The smallest absolute Gasteiger partial charge is 0.0635 e. The van der Waals surface area contributed by atoms with E-state index in [1.54, 1.807) is 0 Å². The highest BCUT2D eigenvalue weighted by atomic mass is 14.9. The summed E-state index contributed by atoms with van der Waals surface area (Å²) in [5.41, 5.74) is 0.690. The molecular formula is C10H16N2. The zero-order valence-electron chi connectivity index (χ0n) is 7.47. The molecular weight excluding hydrogens is 148 g/mol. The maximum absolute atomic E-state index is 8.34. The number of rotatable bonds is 5. The van der Waals surface area contributed by atoms with Gasteiger partial charge in [-0.2, -0.15) is 5.26 Å². The minimum absolute atomic E-state index is 0.654. The Hall–Kier alpha value is -0.550. The molecule has 0 unspecified atom stereocenters. The van der Waals surface area contributed by atoms with Gasteiger partial charge in [-0.25, -0.2) is 0 Å². The summed E-state index contributed by atoms with van der Waals surface area (Å²) < 4.78 is 0. The first-order valence-corrected chi connectivity index (χ1v) is 4.95. The zero-order chi connectivity index (χ0) is 8.44. The second-order valence-electron chi connectivity index (χ2n) is 4.22. The Morgan fingerprint density at radius 1 is 1.42 bits per heavy atom. The molecule has 0 aromatic rings. The predicted molar refractivity (Wildman–Crippen MR) is 47.5 cm³/mol. The lowest BCUT2D eigenvalue weighted by molar-refractivity contribution is 0.407. The summed E-state index contributed by atoms with van der Waals surface area (Å²) in [6.07, 6.45) is 6.43. The number of nitrogens with one attached hydrogen (secondary N) is 1. The largest absolute Gasteiger partial charge is 0.315 e. The molecule has 0 saturated heterocycles.